The van der Waals surface area contributed by atoms with E-state index in [1.54, 1.807) is 0 Å². The van der Waals surface area contributed by atoms with Gasteiger partial charge in [-0.15, -0.1) is 0 Å². The molecule has 0 aromatic heterocycles. The quantitative estimate of drug-likeness (QED) is 0.697. The lowest BCUT2D eigenvalue weighted by atomic mass is 9.98. The van der Waals surface area contributed by atoms with Crippen LogP contribution in [0, 0.1) is 11.8 Å². The summed E-state index contributed by atoms with van der Waals surface area (Å²) in [6.07, 6.45) is 8.18. The number of nitrogens with one attached hydrogen (secondary N) is 1. The van der Waals surface area contributed by atoms with Gasteiger partial charge < -0.3 is 5.32 Å². The number of carbonyl (C=O) groups is 1. The molecule has 13 heavy (non-hydrogen) atoms. The molecule has 3 aliphatic rings. The molecule has 2 atom stereocenters. The molecular weight excluding hydrogens is 162 g/mol. The van der Waals surface area contributed by atoms with E-state index in [0.29, 0.717) is 6.04 Å². The Morgan fingerprint density at radius 2 is 2.23 bits per heavy atom. The highest BCUT2D eigenvalue weighted by molar-refractivity contribution is 5.95. The van der Waals surface area contributed by atoms with Crippen molar-refractivity contribution in [3.05, 3.63) is 11.6 Å². The minimum absolute atomic E-state index is 0.208. The maximum absolute atomic E-state index is 11.5. The predicted molar refractivity (Wildman–Crippen MR) is 50.1 cm³/mol. The van der Waals surface area contributed by atoms with Gasteiger partial charge in [0, 0.05) is 11.6 Å². The average molecular weight is 177 g/mol. The Morgan fingerprint density at radius 3 is 2.77 bits per heavy atom. The second-order valence-electron chi connectivity index (χ2n) is 4.58. The van der Waals surface area contributed by atoms with Crippen molar-refractivity contribution < 1.29 is 4.79 Å². The Bertz CT molecular complexity index is 278. The molecule has 2 nitrogen and oxygen atoms in total. The third-order valence-electron chi connectivity index (χ3n) is 3.48. The van der Waals surface area contributed by atoms with Crippen LogP contribution in [0.5, 0.6) is 0 Å². The first kappa shape index (κ1) is 7.60. The van der Waals surface area contributed by atoms with E-state index in [-0.39, 0.29) is 5.91 Å². The fourth-order valence-corrected chi connectivity index (χ4v) is 2.18. The topological polar surface area (TPSA) is 29.1 Å². The summed E-state index contributed by atoms with van der Waals surface area (Å²) < 4.78 is 0. The molecule has 2 saturated carbocycles. The molecule has 1 N–H and O–H groups in total. The monoisotopic (exact) mass is 177 g/mol. The number of carbonyl (C=O) groups excluding carboxylic acids is 1. The lowest BCUT2D eigenvalue weighted by Gasteiger charge is -2.13. The molecule has 0 aromatic rings. The number of hydrogen-bond donors (Lipinski definition) is 1. The molecule has 70 valence electrons. The molecule has 1 amide bonds. The second-order valence-corrected chi connectivity index (χ2v) is 4.58. The number of allylic oxidation sites excluding steroid dienone is 1. The maximum Gasteiger partial charge on any atom is 0.247 e. The standard InChI is InChI=1S/C11H15NO/c13-11(8-2-1-3-8)12-10-6-9(10)7-4-5-7/h2,7,9-10H,1,3-6H2,(H,12,13). The van der Waals surface area contributed by atoms with Crippen molar-refractivity contribution >= 4 is 5.91 Å². The summed E-state index contributed by atoms with van der Waals surface area (Å²) in [7, 11) is 0. The van der Waals surface area contributed by atoms with Crippen molar-refractivity contribution in [2.24, 2.45) is 11.8 Å². The minimum Gasteiger partial charge on any atom is -0.349 e. The predicted octanol–water partition coefficient (Wildman–Crippen LogP) is 1.62. The van der Waals surface area contributed by atoms with Gasteiger partial charge in [-0.1, -0.05) is 6.08 Å². The van der Waals surface area contributed by atoms with Crippen LogP contribution in [-0.4, -0.2) is 11.9 Å². The molecule has 2 fully saturated rings. The normalized spacial score (nSPS) is 36.2. The van der Waals surface area contributed by atoms with Gasteiger partial charge in [0.15, 0.2) is 0 Å². The van der Waals surface area contributed by atoms with Crippen molar-refractivity contribution in [1.29, 1.82) is 0 Å². The van der Waals surface area contributed by atoms with Gasteiger partial charge in [0.05, 0.1) is 0 Å². The summed E-state index contributed by atoms with van der Waals surface area (Å²) in [6.45, 7) is 0. The lowest BCUT2D eigenvalue weighted by Crippen LogP contribution is -2.30. The van der Waals surface area contributed by atoms with Gasteiger partial charge in [-0.3, -0.25) is 4.79 Å². The second kappa shape index (κ2) is 2.60. The molecule has 2 heteroatoms. The van der Waals surface area contributed by atoms with Crippen LogP contribution in [0.2, 0.25) is 0 Å². The molecule has 0 aromatic carbocycles. The van der Waals surface area contributed by atoms with E-state index >= 15 is 0 Å². The van der Waals surface area contributed by atoms with Crippen LogP contribution in [0.3, 0.4) is 0 Å². The van der Waals surface area contributed by atoms with Gasteiger partial charge in [-0.25, -0.2) is 0 Å². The van der Waals surface area contributed by atoms with E-state index < -0.39 is 0 Å². The van der Waals surface area contributed by atoms with Crippen molar-refractivity contribution in [2.75, 3.05) is 0 Å². The van der Waals surface area contributed by atoms with Crippen LogP contribution in [-0.2, 0) is 4.79 Å². The molecule has 0 heterocycles. The first-order valence-corrected chi connectivity index (χ1v) is 5.34. The molecule has 0 bridgehead atoms. The van der Waals surface area contributed by atoms with Crippen LogP contribution >= 0.6 is 0 Å². The SMILES string of the molecule is O=C(NC1CC1C1CC1)C1=CCC1. The molecule has 0 radical (unpaired) electrons. The van der Waals surface area contributed by atoms with Crippen molar-refractivity contribution in [3.63, 3.8) is 0 Å². The minimum atomic E-state index is 0.208. The number of rotatable bonds is 3. The van der Waals surface area contributed by atoms with Crippen LogP contribution in [0.1, 0.15) is 32.1 Å². The molecular formula is C11H15NO. The first-order valence-electron chi connectivity index (χ1n) is 5.34. The van der Waals surface area contributed by atoms with E-state index in [4.69, 9.17) is 0 Å². The molecule has 0 saturated heterocycles. The zero-order valence-electron chi connectivity index (χ0n) is 7.75. The highest BCUT2D eigenvalue weighted by Crippen LogP contribution is 2.50. The average Bonchev–Trinajstić information content (AvgIpc) is 2.72. The van der Waals surface area contributed by atoms with E-state index in [1.165, 1.54) is 19.3 Å². The van der Waals surface area contributed by atoms with Gasteiger partial charge in [-0.05, 0) is 43.9 Å². The van der Waals surface area contributed by atoms with Crippen LogP contribution in [0.4, 0.5) is 0 Å². The van der Waals surface area contributed by atoms with Crippen molar-refractivity contribution in [3.8, 4) is 0 Å². The third kappa shape index (κ3) is 1.38. The van der Waals surface area contributed by atoms with Crippen LogP contribution < -0.4 is 5.32 Å². The van der Waals surface area contributed by atoms with E-state index in [1.807, 2.05) is 6.08 Å². The molecule has 3 aliphatic carbocycles. The summed E-state index contributed by atoms with van der Waals surface area (Å²) in [4.78, 5) is 11.5. The van der Waals surface area contributed by atoms with E-state index in [2.05, 4.69) is 5.32 Å². The largest absolute Gasteiger partial charge is 0.349 e. The fraction of sp³-hybridized carbons (Fsp3) is 0.727. The summed E-state index contributed by atoms with van der Waals surface area (Å²) in [5, 5.41) is 3.12. The Labute approximate surface area is 78.4 Å². The molecule has 0 aliphatic heterocycles. The van der Waals surface area contributed by atoms with Gasteiger partial charge >= 0.3 is 0 Å². The van der Waals surface area contributed by atoms with Crippen LogP contribution in [0.25, 0.3) is 0 Å². The Kier molecular flexibility index (Phi) is 1.52. The van der Waals surface area contributed by atoms with E-state index in [9.17, 15) is 4.79 Å². The van der Waals surface area contributed by atoms with E-state index in [0.717, 1.165) is 30.3 Å². The van der Waals surface area contributed by atoms with Crippen molar-refractivity contribution in [2.45, 2.75) is 38.1 Å². The number of amides is 1. The fourth-order valence-electron chi connectivity index (χ4n) is 2.18. The Morgan fingerprint density at radius 1 is 1.46 bits per heavy atom. The third-order valence-corrected chi connectivity index (χ3v) is 3.48. The summed E-state index contributed by atoms with van der Waals surface area (Å²) in [5.41, 5.74) is 1.02. The highest BCUT2D eigenvalue weighted by Gasteiger charge is 2.48. The van der Waals surface area contributed by atoms with Crippen molar-refractivity contribution in [1.82, 2.24) is 5.32 Å². The van der Waals surface area contributed by atoms with Gasteiger partial charge in [0.2, 0.25) is 5.91 Å². The lowest BCUT2D eigenvalue weighted by molar-refractivity contribution is -0.118. The zero-order chi connectivity index (χ0) is 8.84. The summed E-state index contributed by atoms with van der Waals surface area (Å²) in [6, 6.07) is 0.529. The molecule has 0 spiro atoms. The first-order chi connectivity index (χ1) is 6.34. The smallest absolute Gasteiger partial charge is 0.247 e. The summed E-state index contributed by atoms with van der Waals surface area (Å²) >= 11 is 0. The zero-order valence-corrected chi connectivity index (χ0v) is 7.75. The Balaban J connectivity index is 1.50. The number of hydrogen-bond acceptors (Lipinski definition) is 1. The van der Waals surface area contributed by atoms with Gasteiger partial charge in [0.25, 0.3) is 0 Å². The Hall–Kier alpha value is -0.790. The maximum atomic E-state index is 11.5. The van der Waals surface area contributed by atoms with Gasteiger partial charge in [0.1, 0.15) is 0 Å². The highest BCUT2D eigenvalue weighted by atomic mass is 16.1. The molecule has 3 rings (SSSR count). The van der Waals surface area contributed by atoms with Gasteiger partial charge in [-0.2, -0.15) is 0 Å². The molecule has 2 unspecified atom stereocenters. The summed E-state index contributed by atoms with van der Waals surface area (Å²) in [5.74, 6) is 2.00. The van der Waals surface area contributed by atoms with Crippen LogP contribution in [0.15, 0.2) is 11.6 Å².